The third-order valence-corrected chi connectivity index (χ3v) is 6.92. The van der Waals surface area contributed by atoms with E-state index < -0.39 is 35.8 Å². The minimum absolute atomic E-state index is 0.0270. The van der Waals surface area contributed by atoms with Crippen molar-refractivity contribution in [2.24, 2.45) is 0 Å². The summed E-state index contributed by atoms with van der Waals surface area (Å²) in [6.45, 7) is 0.451. The van der Waals surface area contributed by atoms with Crippen LogP contribution in [0.3, 0.4) is 0 Å². The molecule has 13 heteroatoms. The summed E-state index contributed by atoms with van der Waals surface area (Å²) < 4.78 is 57.2. The van der Waals surface area contributed by atoms with Crippen LogP contribution in [0, 0.1) is 0 Å². The number of aliphatic carboxylic acids is 1. The number of halogens is 3. The average molecular weight is 553 g/mol. The number of carboxylic acid groups (broad SMARTS) is 1. The highest BCUT2D eigenvalue weighted by Crippen LogP contribution is 2.42. The minimum atomic E-state index is -4.65. The number of hydrogen-bond donors (Lipinski definition) is 1. The molecule has 2 aromatic carbocycles. The lowest BCUT2D eigenvalue weighted by atomic mass is 10.1. The molecular weight excluding hydrogens is 529 g/mol. The summed E-state index contributed by atoms with van der Waals surface area (Å²) >= 11 is 0.924. The van der Waals surface area contributed by atoms with Crippen LogP contribution in [0.25, 0.3) is 6.08 Å². The van der Waals surface area contributed by atoms with Crippen molar-refractivity contribution >= 4 is 35.8 Å². The number of hydrogen-bond acceptors (Lipinski definition) is 7. The summed E-state index contributed by atoms with van der Waals surface area (Å²) in [6, 6.07) is 7.33. The maximum absolute atomic E-state index is 13.9. The van der Waals surface area contributed by atoms with E-state index in [0.717, 1.165) is 35.9 Å². The smallest absolute Gasteiger partial charge is 0.417 e. The van der Waals surface area contributed by atoms with E-state index in [4.69, 9.17) is 9.47 Å². The van der Waals surface area contributed by atoms with Gasteiger partial charge in [0.05, 0.1) is 19.2 Å². The van der Waals surface area contributed by atoms with Crippen LogP contribution in [-0.2, 0) is 20.5 Å². The number of amides is 2. The van der Waals surface area contributed by atoms with Crippen molar-refractivity contribution in [2.45, 2.75) is 22.0 Å². The molecule has 0 aromatic heterocycles. The minimum Gasteiger partial charge on any atom is -0.486 e. The Morgan fingerprint density at radius 1 is 1.08 bits per heavy atom. The van der Waals surface area contributed by atoms with E-state index in [1.165, 1.54) is 23.1 Å². The topological polar surface area (TPSA) is 106 Å². The molecule has 202 valence electrons. The Morgan fingerprint density at radius 2 is 1.82 bits per heavy atom. The average Bonchev–Trinajstić information content (AvgIpc) is 2.90. The van der Waals surface area contributed by atoms with Gasteiger partial charge in [0.15, 0.2) is 17.5 Å². The first-order valence-electron chi connectivity index (χ1n) is 11.4. The SMILES string of the molecule is COC(=O)N1CCN(C(=O)C=Cc2ccc(Sc3ccc4c(c3)OCCO4)c(C(F)(F)F)c2)CC1C(=O)O. The Labute approximate surface area is 219 Å². The second-order valence-corrected chi connectivity index (χ2v) is 9.41. The van der Waals surface area contributed by atoms with Crippen molar-refractivity contribution in [3.63, 3.8) is 0 Å². The Morgan fingerprint density at radius 3 is 2.50 bits per heavy atom. The summed E-state index contributed by atoms with van der Waals surface area (Å²) in [7, 11) is 1.12. The summed E-state index contributed by atoms with van der Waals surface area (Å²) in [6.07, 6.45) is -3.16. The molecule has 2 aromatic rings. The lowest BCUT2D eigenvalue weighted by Gasteiger charge is -2.37. The van der Waals surface area contributed by atoms with E-state index in [2.05, 4.69) is 4.74 Å². The summed E-state index contributed by atoms with van der Waals surface area (Å²) in [5.74, 6) is -0.907. The molecule has 4 rings (SSSR count). The van der Waals surface area contributed by atoms with E-state index in [0.29, 0.717) is 29.6 Å². The molecule has 1 saturated heterocycles. The van der Waals surface area contributed by atoms with Crippen molar-refractivity contribution in [2.75, 3.05) is 40.0 Å². The maximum atomic E-state index is 13.9. The highest BCUT2D eigenvalue weighted by Gasteiger charge is 2.37. The molecule has 2 aliphatic rings. The fourth-order valence-electron chi connectivity index (χ4n) is 3.98. The van der Waals surface area contributed by atoms with Crippen LogP contribution >= 0.6 is 11.8 Å². The van der Waals surface area contributed by atoms with Gasteiger partial charge in [-0.1, -0.05) is 17.8 Å². The first kappa shape index (κ1) is 27.2. The Hall–Kier alpha value is -3.87. The molecule has 9 nitrogen and oxygen atoms in total. The zero-order valence-electron chi connectivity index (χ0n) is 20.1. The lowest BCUT2D eigenvalue weighted by molar-refractivity contribution is -0.146. The lowest BCUT2D eigenvalue weighted by Crippen LogP contribution is -2.59. The predicted molar refractivity (Wildman–Crippen MR) is 129 cm³/mol. The summed E-state index contributed by atoms with van der Waals surface area (Å²) in [5, 5.41) is 9.43. The third kappa shape index (κ3) is 6.15. The molecule has 1 fully saturated rings. The largest absolute Gasteiger partial charge is 0.486 e. The van der Waals surface area contributed by atoms with Crippen LogP contribution in [0.4, 0.5) is 18.0 Å². The molecule has 0 aliphatic carbocycles. The molecular formula is C25H23F3N2O7S. The standard InChI is InChI=1S/C25H23F3N2O7S/c1-35-24(34)30-9-8-29(14-18(30)23(32)33)22(31)7-3-15-2-6-21(17(12-15)25(26,27)28)38-16-4-5-19-20(13-16)37-11-10-36-19/h2-7,12-13,18H,8-11,14H2,1H3,(H,32,33). The molecule has 0 radical (unpaired) electrons. The number of benzene rings is 2. The molecule has 1 unspecified atom stereocenters. The van der Waals surface area contributed by atoms with Gasteiger partial charge < -0.3 is 24.2 Å². The molecule has 1 N–H and O–H groups in total. The number of nitrogens with zero attached hydrogens (tertiary/aromatic N) is 2. The number of carboxylic acids is 1. The number of ether oxygens (including phenoxy) is 3. The van der Waals surface area contributed by atoms with Gasteiger partial charge in [0, 0.05) is 29.0 Å². The van der Waals surface area contributed by atoms with Gasteiger partial charge in [0.25, 0.3) is 0 Å². The van der Waals surface area contributed by atoms with Crippen LogP contribution in [0.5, 0.6) is 11.5 Å². The van der Waals surface area contributed by atoms with Crippen LogP contribution in [-0.4, -0.2) is 78.9 Å². The van der Waals surface area contributed by atoms with Crippen LogP contribution in [0.2, 0.25) is 0 Å². The number of methoxy groups -OCH3 is 1. The first-order chi connectivity index (χ1) is 18.1. The van der Waals surface area contributed by atoms with E-state index >= 15 is 0 Å². The molecule has 2 heterocycles. The zero-order valence-corrected chi connectivity index (χ0v) is 20.9. The van der Waals surface area contributed by atoms with Crippen molar-refractivity contribution in [3.8, 4) is 11.5 Å². The second kappa shape index (κ2) is 11.3. The van der Waals surface area contributed by atoms with Crippen LogP contribution in [0.15, 0.2) is 52.3 Å². The van der Waals surface area contributed by atoms with Crippen LogP contribution in [0.1, 0.15) is 11.1 Å². The summed E-state index contributed by atoms with van der Waals surface area (Å²) in [4.78, 5) is 38.8. The number of carbonyl (C=O) groups excluding carboxylic acids is 2. The molecule has 0 spiro atoms. The van der Waals surface area contributed by atoms with Crippen LogP contribution < -0.4 is 9.47 Å². The van der Waals surface area contributed by atoms with Gasteiger partial charge in [-0.3, -0.25) is 9.69 Å². The van der Waals surface area contributed by atoms with Gasteiger partial charge in [0.2, 0.25) is 5.91 Å². The van der Waals surface area contributed by atoms with Gasteiger partial charge in [-0.2, -0.15) is 13.2 Å². The van der Waals surface area contributed by atoms with Crippen molar-refractivity contribution in [1.82, 2.24) is 9.80 Å². The first-order valence-corrected chi connectivity index (χ1v) is 12.2. The Kier molecular flexibility index (Phi) is 8.05. The van der Waals surface area contributed by atoms with Gasteiger partial charge in [0.1, 0.15) is 13.2 Å². The van der Waals surface area contributed by atoms with Crippen molar-refractivity contribution in [3.05, 3.63) is 53.6 Å². The number of rotatable bonds is 5. The van der Waals surface area contributed by atoms with Gasteiger partial charge in [-0.05, 0) is 42.0 Å². The highest BCUT2D eigenvalue weighted by molar-refractivity contribution is 7.99. The van der Waals surface area contributed by atoms with Crippen molar-refractivity contribution < 1.29 is 46.9 Å². The number of alkyl halides is 3. The Balaban J connectivity index is 1.50. The van der Waals surface area contributed by atoms with E-state index in [-0.39, 0.29) is 30.1 Å². The number of piperazine rings is 1. The van der Waals surface area contributed by atoms with E-state index in [1.54, 1.807) is 18.2 Å². The van der Waals surface area contributed by atoms with Crippen molar-refractivity contribution in [1.29, 1.82) is 0 Å². The second-order valence-electron chi connectivity index (χ2n) is 8.30. The Bertz CT molecular complexity index is 1270. The molecule has 0 saturated carbocycles. The molecule has 38 heavy (non-hydrogen) atoms. The molecule has 2 amide bonds. The summed E-state index contributed by atoms with van der Waals surface area (Å²) in [5.41, 5.74) is -0.732. The fraction of sp³-hybridized carbons (Fsp3) is 0.320. The zero-order chi connectivity index (χ0) is 27.4. The fourth-order valence-corrected chi connectivity index (χ4v) is 4.96. The van der Waals surface area contributed by atoms with E-state index in [9.17, 15) is 32.7 Å². The highest BCUT2D eigenvalue weighted by atomic mass is 32.2. The quantitative estimate of drug-likeness (QED) is 0.555. The maximum Gasteiger partial charge on any atom is 0.417 e. The molecule has 0 bridgehead atoms. The number of fused-ring (bicyclic) bond motifs is 1. The third-order valence-electron chi connectivity index (χ3n) is 5.86. The van der Waals surface area contributed by atoms with Gasteiger partial charge in [-0.15, -0.1) is 0 Å². The molecule has 2 aliphatic heterocycles. The number of carbonyl (C=O) groups is 3. The van der Waals surface area contributed by atoms with E-state index in [1.807, 2.05) is 0 Å². The predicted octanol–water partition coefficient (Wildman–Crippen LogP) is 4.00. The monoisotopic (exact) mass is 552 g/mol. The van der Waals surface area contributed by atoms with Gasteiger partial charge >= 0.3 is 18.2 Å². The normalized spacial score (nSPS) is 17.4. The van der Waals surface area contributed by atoms with Gasteiger partial charge in [-0.25, -0.2) is 9.59 Å². The molecule has 1 atom stereocenters.